The maximum absolute atomic E-state index is 11.7. The number of rotatable bonds is 7. The monoisotopic (exact) mass is 225 g/mol. The standard InChI is InChI=1S/C10H19N5O/c1-3-11-5-4-6-13-10(16)9(2)15-8-12-7-14-15/h7-9,11H,3-6H2,1-2H3,(H,13,16). The zero-order valence-corrected chi connectivity index (χ0v) is 9.81. The summed E-state index contributed by atoms with van der Waals surface area (Å²) in [6.45, 7) is 6.43. The molecule has 0 aromatic carbocycles. The summed E-state index contributed by atoms with van der Waals surface area (Å²) in [7, 11) is 0. The van der Waals surface area contributed by atoms with Gasteiger partial charge in [-0.3, -0.25) is 4.79 Å². The molecule has 0 bridgehead atoms. The lowest BCUT2D eigenvalue weighted by atomic mass is 10.3. The SMILES string of the molecule is CCNCCCNC(=O)C(C)n1cncn1. The van der Waals surface area contributed by atoms with Gasteiger partial charge in [0.1, 0.15) is 18.7 Å². The molecular weight excluding hydrogens is 206 g/mol. The van der Waals surface area contributed by atoms with Crippen molar-refractivity contribution in [1.29, 1.82) is 0 Å². The van der Waals surface area contributed by atoms with E-state index < -0.39 is 0 Å². The Hall–Kier alpha value is -1.43. The molecule has 1 atom stereocenters. The molecule has 1 aromatic heterocycles. The van der Waals surface area contributed by atoms with Crippen molar-refractivity contribution >= 4 is 5.91 Å². The van der Waals surface area contributed by atoms with E-state index in [9.17, 15) is 4.79 Å². The molecule has 0 saturated heterocycles. The summed E-state index contributed by atoms with van der Waals surface area (Å²) in [6.07, 6.45) is 3.90. The highest BCUT2D eigenvalue weighted by Crippen LogP contribution is 2.00. The topological polar surface area (TPSA) is 71.8 Å². The average molecular weight is 225 g/mol. The maximum Gasteiger partial charge on any atom is 0.244 e. The van der Waals surface area contributed by atoms with E-state index in [1.165, 1.54) is 6.33 Å². The van der Waals surface area contributed by atoms with Crippen LogP contribution in [0.15, 0.2) is 12.7 Å². The van der Waals surface area contributed by atoms with E-state index in [1.807, 2.05) is 0 Å². The molecule has 0 saturated carbocycles. The molecule has 0 aliphatic rings. The van der Waals surface area contributed by atoms with E-state index >= 15 is 0 Å². The summed E-state index contributed by atoms with van der Waals surface area (Å²) >= 11 is 0. The Bertz CT molecular complexity index is 298. The van der Waals surface area contributed by atoms with E-state index in [1.54, 1.807) is 17.9 Å². The Labute approximate surface area is 95.4 Å². The predicted octanol–water partition coefficient (Wildman–Crippen LogP) is -0.0451. The van der Waals surface area contributed by atoms with E-state index in [4.69, 9.17) is 0 Å². The molecule has 0 aliphatic carbocycles. The van der Waals surface area contributed by atoms with Crippen LogP contribution in [0.2, 0.25) is 0 Å². The van der Waals surface area contributed by atoms with Gasteiger partial charge < -0.3 is 10.6 Å². The molecular formula is C10H19N5O. The maximum atomic E-state index is 11.7. The lowest BCUT2D eigenvalue weighted by Gasteiger charge is -2.11. The highest BCUT2D eigenvalue weighted by Gasteiger charge is 2.13. The number of carbonyl (C=O) groups excluding carboxylic acids is 1. The molecule has 2 N–H and O–H groups in total. The van der Waals surface area contributed by atoms with Crippen molar-refractivity contribution in [2.24, 2.45) is 0 Å². The molecule has 6 heteroatoms. The fourth-order valence-corrected chi connectivity index (χ4v) is 1.29. The smallest absolute Gasteiger partial charge is 0.244 e. The summed E-state index contributed by atoms with van der Waals surface area (Å²) in [5.41, 5.74) is 0. The molecule has 1 rings (SSSR count). The average Bonchev–Trinajstić information content (AvgIpc) is 2.81. The van der Waals surface area contributed by atoms with Gasteiger partial charge in [0.25, 0.3) is 0 Å². The zero-order chi connectivity index (χ0) is 11.8. The summed E-state index contributed by atoms with van der Waals surface area (Å²) < 4.78 is 1.54. The van der Waals surface area contributed by atoms with Crippen molar-refractivity contribution in [3.63, 3.8) is 0 Å². The van der Waals surface area contributed by atoms with Gasteiger partial charge in [-0.1, -0.05) is 6.92 Å². The van der Waals surface area contributed by atoms with Crippen molar-refractivity contribution in [3.05, 3.63) is 12.7 Å². The van der Waals surface area contributed by atoms with Crippen molar-refractivity contribution in [2.75, 3.05) is 19.6 Å². The molecule has 0 aliphatic heterocycles. The van der Waals surface area contributed by atoms with Gasteiger partial charge in [0.15, 0.2) is 0 Å². The highest BCUT2D eigenvalue weighted by molar-refractivity contribution is 5.79. The summed E-state index contributed by atoms with van der Waals surface area (Å²) in [6, 6.07) is -0.304. The lowest BCUT2D eigenvalue weighted by Crippen LogP contribution is -2.33. The van der Waals surface area contributed by atoms with Gasteiger partial charge in [-0.2, -0.15) is 5.10 Å². The van der Waals surface area contributed by atoms with Gasteiger partial charge in [0.05, 0.1) is 0 Å². The van der Waals surface area contributed by atoms with Crippen LogP contribution in [0.3, 0.4) is 0 Å². The third kappa shape index (κ3) is 3.98. The Morgan fingerprint density at radius 3 is 2.94 bits per heavy atom. The number of aromatic nitrogens is 3. The van der Waals surface area contributed by atoms with Crippen molar-refractivity contribution in [1.82, 2.24) is 25.4 Å². The molecule has 0 fully saturated rings. The van der Waals surface area contributed by atoms with E-state index in [2.05, 4.69) is 27.6 Å². The molecule has 16 heavy (non-hydrogen) atoms. The largest absolute Gasteiger partial charge is 0.354 e. The Morgan fingerprint density at radius 1 is 1.50 bits per heavy atom. The summed E-state index contributed by atoms with van der Waals surface area (Å²) in [5, 5.41) is 9.99. The minimum Gasteiger partial charge on any atom is -0.354 e. The fourth-order valence-electron chi connectivity index (χ4n) is 1.29. The molecule has 6 nitrogen and oxygen atoms in total. The highest BCUT2D eigenvalue weighted by atomic mass is 16.2. The molecule has 1 unspecified atom stereocenters. The van der Waals surface area contributed by atoms with Gasteiger partial charge in [0, 0.05) is 6.54 Å². The molecule has 1 amide bonds. The molecule has 1 aromatic rings. The van der Waals surface area contributed by atoms with Crippen LogP contribution in [-0.4, -0.2) is 40.3 Å². The first kappa shape index (κ1) is 12.6. The van der Waals surface area contributed by atoms with Crippen LogP contribution in [0.4, 0.5) is 0 Å². The Balaban J connectivity index is 2.20. The first-order valence-corrected chi connectivity index (χ1v) is 5.58. The second-order valence-corrected chi connectivity index (χ2v) is 3.55. The van der Waals surface area contributed by atoms with Crippen molar-refractivity contribution in [2.45, 2.75) is 26.3 Å². The van der Waals surface area contributed by atoms with Gasteiger partial charge in [-0.25, -0.2) is 9.67 Å². The normalized spacial score (nSPS) is 12.4. The second kappa shape index (κ2) is 6.95. The van der Waals surface area contributed by atoms with Crippen LogP contribution in [0.25, 0.3) is 0 Å². The van der Waals surface area contributed by atoms with Crippen LogP contribution in [0.1, 0.15) is 26.3 Å². The summed E-state index contributed by atoms with van der Waals surface area (Å²) in [4.78, 5) is 15.5. The molecule has 1 heterocycles. The minimum absolute atomic E-state index is 0.0259. The third-order valence-corrected chi connectivity index (χ3v) is 2.29. The number of hydrogen-bond donors (Lipinski definition) is 2. The van der Waals surface area contributed by atoms with Gasteiger partial charge in [-0.15, -0.1) is 0 Å². The fraction of sp³-hybridized carbons (Fsp3) is 0.700. The molecule has 90 valence electrons. The number of carbonyl (C=O) groups is 1. The lowest BCUT2D eigenvalue weighted by molar-refractivity contribution is -0.124. The quantitative estimate of drug-likeness (QED) is 0.638. The van der Waals surface area contributed by atoms with Crippen LogP contribution < -0.4 is 10.6 Å². The van der Waals surface area contributed by atoms with Gasteiger partial charge in [-0.05, 0) is 26.4 Å². The molecule has 0 spiro atoms. The van der Waals surface area contributed by atoms with Gasteiger partial charge in [0.2, 0.25) is 5.91 Å². The number of amides is 1. The number of nitrogens with one attached hydrogen (secondary N) is 2. The van der Waals surface area contributed by atoms with Crippen LogP contribution in [0, 0.1) is 0 Å². The zero-order valence-electron chi connectivity index (χ0n) is 9.81. The first-order chi connectivity index (χ1) is 7.75. The van der Waals surface area contributed by atoms with Crippen LogP contribution >= 0.6 is 0 Å². The van der Waals surface area contributed by atoms with Crippen LogP contribution in [-0.2, 0) is 4.79 Å². The first-order valence-electron chi connectivity index (χ1n) is 5.58. The van der Waals surface area contributed by atoms with Crippen molar-refractivity contribution < 1.29 is 4.79 Å². The number of hydrogen-bond acceptors (Lipinski definition) is 4. The number of nitrogens with zero attached hydrogens (tertiary/aromatic N) is 3. The second-order valence-electron chi connectivity index (χ2n) is 3.55. The van der Waals surface area contributed by atoms with E-state index in [-0.39, 0.29) is 11.9 Å². The Kier molecular flexibility index (Phi) is 5.49. The van der Waals surface area contributed by atoms with E-state index in [0.29, 0.717) is 6.54 Å². The van der Waals surface area contributed by atoms with Crippen LogP contribution in [0.5, 0.6) is 0 Å². The predicted molar refractivity (Wildman–Crippen MR) is 60.9 cm³/mol. The Morgan fingerprint density at radius 2 is 2.31 bits per heavy atom. The summed E-state index contributed by atoms with van der Waals surface area (Å²) in [5.74, 6) is -0.0259. The van der Waals surface area contributed by atoms with Gasteiger partial charge >= 0.3 is 0 Å². The minimum atomic E-state index is -0.304. The van der Waals surface area contributed by atoms with E-state index in [0.717, 1.165) is 19.5 Å². The van der Waals surface area contributed by atoms with Crippen molar-refractivity contribution in [3.8, 4) is 0 Å². The third-order valence-electron chi connectivity index (χ3n) is 2.29. The molecule has 0 radical (unpaired) electrons.